The standard InChI is InChI=1S/C14H26N2O4/c1-13(2,3)14(4,16-12(19)20)11(18)15-9-5-7-10(17)8-6-9/h9-10,16-17H,5-8H2,1-4H3,(H,15,18)(H,19,20)/t9-,10-,14?. The van der Waals surface area contributed by atoms with E-state index < -0.39 is 17.0 Å². The SMILES string of the molecule is CC(C)(C)C(C)(NC(=O)O)C(=O)N[C@H]1CC[C@H](O)CC1. The lowest BCUT2D eigenvalue weighted by atomic mass is 9.74. The third-order valence-corrected chi connectivity index (χ3v) is 4.34. The van der Waals surface area contributed by atoms with Gasteiger partial charge in [-0.05, 0) is 38.0 Å². The van der Waals surface area contributed by atoms with Gasteiger partial charge in [-0.3, -0.25) is 4.79 Å². The Morgan fingerprint density at radius 3 is 1.95 bits per heavy atom. The number of amides is 2. The number of aliphatic hydroxyl groups excluding tert-OH is 1. The Morgan fingerprint density at radius 2 is 1.55 bits per heavy atom. The Hall–Kier alpha value is -1.30. The highest BCUT2D eigenvalue weighted by Crippen LogP contribution is 2.31. The molecule has 0 aromatic carbocycles. The Balaban J connectivity index is 2.76. The maximum Gasteiger partial charge on any atom is 0.405 e. The zero-order valence-electron chi connectivity index (χ0n) is 12.7. The van der Waals surface area contributed by atoms with Gasteiger partial charge in [0, 0.05) is 6.04 Å². The van der Waals surface area contributed by atoms with E-state index in [4.69, 9.17) is 5.11 Å². The normalized spacial score (nSPS) is 26.4. The van der Waals surface area contributed by atoms with Gasteiger partial charge in [-0.15, -0.1) is 0 Å². The van der Waals surface area contributed by atoms with Gasteiger partial charge < -0.3 is 20.8 Å². The second-order valence-electron chi connectivity index (χ2n) is 6.78. The molecule has 1 aliphatic carbocycles. The Kier molecular flexibility index (Phi) is 5.02. The van der Waals surface area contributed by atoms with E-state index in [0.717, 1.165) is 12.8 Å². The lowest BCUT2D eigenvalue weighted by molar-refractivity contribution is -0.132. The van der Waals surface area contributed by atoms with Gasteiger partial charge in [-0.2, -0.15) is 0 Å². The fourth-order valence-electron chi connectivity index (χ4n) is 2.35. The van der Waals surface area contributed by atoms with Crippen molar-refractivity contribution < 1.29 is 19.8 Å². The van der Waals surface area contributed by atoms with E-state index in [1.54, 1.807) is 6.92 Å². The molecule has 1 rings (SSSR count). The molecule has 0 bridgehead atoms. The third-order valence-electron chi connectivity index (χ3n) is 4.34. The smallest absolute Gasteiger partial charge is 0.405 e. The van der Waals surface area contributed by atoms with Crippen molar-refractivity contribution in [3.8, 4) is 0 Å². The summed E-state index contributed by atoms with van der Waals surface area (Å²) in [6, 6.07) is 0.00294. The van der Waals surface area contributed by atoms with Crippen molar-refractivity contribution in [2.45, 2.75) is 71.1 Å². The van der Waals surface area contributed by atoms with Crippen molar-refractivity contribution in [1.82, 2.24) is 10.6 Å². The van der Waals surface area contributed by atoms with Gasteiger partial charge in [0.25, 0.3) is 0 Å². The van der Waals surface area contributed by atoms with Crippen LogP contribution in [-0.2, 0) is 4.79 Å². The number of hydrogen-bond donors (Lipinski definition) is 4. The van der Waals surface area contributed by atoms with E-state index in [9.17, 15) is 14.7 Å². The van der Waals surface area contributed by atoms with Crippen LogP contribution in [0.3, 0.4) is 0 Å². The maximum atomic E-state index is 12.5. The fourth-order valence-corrected chi connectivity index (χ4v) is 2.35. The number of aliphatic hydroxyl groups is 1. The molecule has 2 amide bonds. The lowest BCUT2D eigenvalue weighted by Crippen LogP contribution is -2.64. The first kappa shape index (κ1) is 16.8. The molecular formula is C14H26N2O4. The monoisotopic (exact) mass is 286 g/mol. The van der Waals surface area contributed by atoms with Crippen LogP contribution in [0.25, 0.3) is 0 Å². The summed E-state index contributed by atoms with van der Waals surface area (Å²) in [7, 11) is 0. The topological polar surface area (TPSA) is 98.7 Å². The van der Waals surface area contributed by atoms with E-state index in [-0.39, 0.29) is 18.1 Å². The van der Waals surface area contributed by atoms with Gasteiger partial charge in [-0.25, -0.2) is 4.79 Å². The van der Waals surface area contributed by atoms with Crippen LogP contribution in [0.2, 0.25) is 0 Å². The number of carboxylic acid groups (broad SMARTS) is 1. The predicted octanol–water partition coefficient (Wildman–Crippen LogP) is 1.48. The number of nitrogens with one attached hydrogen (secondary N) is 2. The summed E-state index contributed by atoms with van der Waals surface area (Å²) in [6.45, 7) is 7.08. The molecule has 0 aromatic rings. The quantitative estimate of drug-likeness (QED) is 0.631. The zero-order chi connectivity index (χ0) is 15.6. The van der Waals surface area contributed by atoms with Crippen molar-refractivity contribution in [2.75, 3.05) is 0 Å². The Labute approximate surface area is 119 Å². The van der Waals surface area contributed by atoms with Crippen LogP contribution < -0.4 is 10.6 Å². The second kappa shape index (κ2) is 5.99. The minimum Gasteiger partial charge on any atom is -0.465 e. The summed E-state index contributed by atoms with van der Waals surface area (Å²) in [5, 5.41) is 23.7. The van der Waals surface area contributed by atoms with Crippen LogP contribution in [0.15, 0.2) is 0 Å². The summed E-state index contributed by atoms with van der Waals surface area (Å²) >= 11 is 0. The predicted molar refractivity (Wildman–Crippen MR) is 75.4 cm³/mol. The van der Waals surface area contributed by atoms with Gasteiger partial charge >= 0.3 is 6.09 Å². The second-order valence-corrected chi connectivity index (χ2v) is 6.78. The number of rotatable bonds is 3. The molecule has 0 spiro atoms. The average Bonchev–Trinajstić information content (AvgIpc) is 2.29. The van der Waals surface area contributed by atoms with Crippen molar-refractivity contribution in [3.05, 3.63) is 0 Å². The molecule has 0 heterocycles. The Morgan fingerprint density at radius 1 is 1.05 bits per heavy atom. The van der Waals surface area contributed by atoms with Crippen LogP contribution in [-0.4, -0.2) is 39.9 Å². The van der Waals surface area contributed by atoms with Crippen molar-refractivity contribution >= 4 is 12.0 Å². The first-order chi connectivity index (χ1) is 9.06. The van der Waals surface area contributed by atoms with Gasteiger partial charge in [0.2, 0.25) is 5.91 Å². The fraction of sp³-hybridized carbons (Fsp3) is 0.857. The number of hydrogen-bond acceptors (Lipinski definition) is 3. The molecule has 4 N–H and O–H groups in total. The maximum absolute atomic E-state index is 12.5. The molecule has 1 aliphatic rings. The van der Waals surface area contributed by atoms with Crippen LogP contribution in [0.1, 0.15) is 53.4 Å². The molecule has 1 unspecified atom stereocenters. The molecule has 1 atom stereocenters. The highest BCUT2D eigenvalue weighted by molar-refractivity contribution is 5.90. The van der Waals surface area contributed by atoms with Gasteiger partial charge in [0.1, 0.15) is 5.54 Å². The molecule has 1 saturated carbocycles. The lowest BCUT2D eigenvalue weighted by Gasteiger charge is -2.41. The number of carbonyl (C=O) groups is 2. The molecule has 20 heavy (non-hydrogen) atoms. The highest BCUT2D eigenvalue weighted by atomic mass is 16.4. The first-order valence-corrected chi connectivity index (χ1v) is 7.06. The van der Waals surface area contributed by atoms with Crippen LogP contribution in [0, 0.1) is 5.41 Å². The summed E-state index contributed by atoms with van der Waals surface area (Å²) in [4.78, 5) is 23.5. The first-order valence-electron chi connectivity index (χ1n) is 7.06. The van der Waals surface area contributed by atoms with E-state index >= 15 is 0 Å². The third kappa shape index (κ3) is 3.85. The molecule has 1 fully saturated rings. The van der Waals surface area contributed by atoms with Gasteiger partial charge in [0.05, 0.1) is 6.10 Å². The van der Waals surface area contributed by atoms with Crippen LogP contribution in [0.5, 0.6) is 0 Å². The van der Waals surface area contributed by atoms with Crippen molar-refractivity contribution in [3.63, 3.8) is 0 Å². The minimum atomic E-state index is -1.21. The van der Waals surface area contributed by atoms with Crippen LogP contribution >= 0.6 is 0 Å². The van der Waals surface area contributed by atoms with Gasteiger partial charge in [-0.1, -0.05) is 20.8 Å². The van der Waals surface area contributed by atoms with Gasteiger partial charge in [0.15, 0.2) is 0 Å². The summed E-state index contributed by atoms with van der Waals surface area (Å²) in [6.07, 6.45) is 1.29. The van der Waals surface area contributed by atoms with E-state index in [1.165, 1.54) is 0 Å². The molecule has 0 aromatic heterocycles. The van der Waals surface area contributed by atoms with Crippen molar-refractivity contribution in [1.29, 1.82) is 0 Å². The minimum absolute atomic E-state index is 0.00294. The molecule has 0 aliphatic heterocycles. The molecule has 0 radical (unpaired) electrons. The molecule has 116 valence electrons. The Bertz CT molecular complexity index is 370. The molecule has 0 saturated heterocycles. The van der Waals surface area contributed by atoms with Crippen LogP contribution in [0.4, 0.5) is 4.79 Å². The summed E-state index contributed by atoms with van der Waals surface area (Å²) < 4.78 is 0. The van der Waals surface area contributed by atoms with Crippen molar-refractivity contribution in [2.24, 2.45) is 5.41 Å². The van der Waals surface area contributed by atoms with E-state index in [1.807, 2.05) is 20.8 Å². The van der Waals surface area contributed by atoms with E-state index in [0.29, 0.717) is 12.8 Å². The largest absolute Gasteiger partial charge is 0.465 e. The summed E-state index contributed by atoms with van der Waals surface area (Å²) in [5.41, 5.74) is -1.75. The highest BCUT2D eigenvalue weighted by Gasteiger charge is 2.46. The average molecular weight is 286 g/mol. The molecule has 6 nitrogen and oxygen atoms in total. The summed E-state index contributed by atoms with van der Waals surface area (Å²) in [5.74, 6) is -0.311. The number of carbonyl (C=O) groups excluding carboxylic acids is 1. The molecule has 6 heteroatoms. The molecular weight excluding hydrogens is 260 g/mol. The van der Waals surface area contributed by atoms with E-state index in [2.05, 4.69) is 10.6 Å². The zero-order valence-corrected chi connectivity index (χ0v) is 12.7.